The molecule has 0 radical (unpaired) electrons. The molecule has 1 amide bonds. The third-order valence-electron chi connectivity index (χ3n) is 5.23. The van der Waals surface area contributed by atoms with Gasteiger partial charge in [-0.15, -0.1) is 0 Å². The molecular formula is C24H17ClFN3O3. The number of nitrogens with zero attached hydrogens (tertiary/aromatic N) is 2. The van der Waals surface area contributed by atoms with E-state index in [1.807, 2.05) is 42.5 Å². The number of nitrogens with one attached hydrogen (secondary N) is 1. The number of carbonyl (C=O) groups excluding carboxylic acids is 1. The molecule has 1 aromatic heterocycles. The highest BCUT2D eigenvalue weighted by Gasteiger charge is 2.29. The molecule has 3 aromatic carbocycles. The Hall–Kier alpha value is -3.84. The molecule has 0 saturated carbocycles. The van der Waals surface area contributed by atoms with Gasteiger partial charge >= 0.3 is 0 Å². The van der Waals surface area contributed by atoms with Crippen molar-refractivity contribution < 1.29 is 13.9 Å². The van der Waals surface area contributed by atoms with E-state index in [0.29, 0.717) is 35.0 Å². The third kappa shape index (κ3) is 3.56. The fourth-order valence-electron chi connectivity index (χ4n) is 3.76. The first-order chi connectivity index (χ1) is 15.5. The van der Waals surface area contributed by atoms with Crippen molar-refractivity contribution in [2.24, 2.45) is 0 Å². The van der Waals surface area contributed by atoms with Crippen LogP contribution >= 0.6 is 11.6 Å². The summed E-state index contributed by atoms with van der Waals surface area (Å²) in [6, 6.07) is 20.4. The van der Waals surface area contributed by atoms with Crippen LogP contribution in [0.3, 0.4) is 0 Å². The minimum absolute atomic E-state index is 0.0951. The lowest BCUT2D eigenvalue weighted by Crippen LogP contribution is -2.27. The SMILES string of the molecule is O=C(Cn1c2c(c(=O)n1-c1ccccc1)Cc1ccccc1O2)Nc1ccc(F)c(Cl)c1. The minimum atomic E-state index is -0.575. The molecule has 1 aliphatic rings. The zero-order valence-electron chi connectivity index (χ0n) is 16.7. The average Bonchev–Trinajstić information content (AvgIpc) is 3.06. The van der Waals surface area contributed by atoms with Crippen molar-refractivity contribution >= 4 is 23.2 Å². The first-order valence-electron chi connectivity index (χ1n) is 9.92. The van der Waals surface area contributed by atoms with Crippen molar-refractivity contribution in [3.8, 4) is 17.3 Å². The fraction of sp³-hybridized carbons (Fsp3) is 0.0833. The van der Waals surface area contributed by atoms with E-state index in [4.69, 9.17) is 16.3 Å². The van der Waals surface area contributed by atoms with Crippen LogP contribution in [0.1, 0.15) is 11.1 Å². The molecule has 0 aliphatic carbocycles. The standard InChI is InChI=1S/C24H17ClFN3O3/c25-19-13-16(10-11-20(19)26)27-22(30)14-28-24-18(12-15-6-4-5-9-21(15)32-24)23(31)29(28)17-7-2-1-3-8-17/h1-11,13H,12,14H2,(H,27,30). The van der Waals surface area contributed by atoms with Gasteiger partial charge in [0.1, 0.15) is 18.1 Å². The monoisotopic (exact) mass is 449 g/mol. The third-order valence-corrected chi connectivity index (χ3v) is 5.52. The van der Waals surface area contributed by atoms with E-state index in [1.54, 1.807) is 12.1 Å². The highest BCUT2D eigenvalue weighted by atomic mass is 35.5. The van der Waals surface area contributed by atoms with E-state index in [2.05, 4.69) is 5.32 Å². The molecule has 5 rings (SSSR count). The molecule has 160 valence electrons. The summed E-state index contributed by atoms with van der Waals surface area (Å²) in [6.45, 7) is -0.198. The van der Waals surface area contributed by atoms with E-state index in [-0.39, 0.29) is 17.1 Å². The van der Waals surface area contributed by atoms with Crippen LogP contribution in [-0.4, -0.2) is 15.3 Å². The number of rotatable bonds is 4. The van der Waals surface area contributed by atoms with E-state index in [9.17, 15) is 14.0 Å². The maximum absolute atomic E-state index is 13.4. The molecule has 6 nitrogen and oxygen atoms in total. The summed E-state index contributed by atoms with van der Waals surface area (Å²) in [4.78, 5) is 26.2. The highest BCUT2D eigenvalue weighted by molar-refractivity contribution is 6.31. The molecule has 0 atom stereocenters. The van der Waals surface area contributed by atoms with Gasteiger partial charge < -0.3 is 10.1 Å². The summed E-state index contributed by atoms with van der Waals surface area (Å²) in [5.74, 6) is -0.0266. The Morgan fingerprint density at radius 1 is 1.06 bits per heavy atom. The fourth-order valence-corrected chi connectivity index (χ4v) is 3.94. The molecule has 0 unspecified atom stereocenters. The predicted octanol–water partition coefficient (Wildman–Crippen LogP) is 4.77. The van der Waals surface area contributed by atoms with Crippen LogP contribution in [0.4, 0.5) is 10.1 Å². The lowest BCUT2D eigenvalue weighted by Gasteiger charge is -2.19. The number of hydrogen-bond acceptors (Lipinski definition) is 3. The van der Waals surface area contributed by atoms with E-state index in [1.165, 1.54) is 27.6 Å². The van der Waals surface area contributed by atoms with Crippen LogP contribution in [0, 0.1) is 5.82 Å². The Bertz CT molecular complexity index is 1400. The first-order valence-corrected chi connectivity index (χ1v) is 10.3. The Balaban J connectivity index is 1.55. The predicted molar refractivity (Wildman–Crippen MR) is 119 cm³/mol. The normalized spacial score (nSPS) is 11.9. The van der Waals surface area contributed by atoms with Crippen LogP contribution in [0.15, 0.2) is 77.6 Å². The first kappa shape index (κ1) is 20.1. The number of para-hydroxylation sites is 2. The Morgan fingerprint density at radius 2 is 1.81 bits per heavy atom. The van der Waals surface area contributed by atoms with Gasteiger partial charge in [-0.05, 0) is 42.0 Å². The molecule has 0 fully saturated rings. The molecule has 0 spiro atoms. The van der Waals surface area contributed by atoms with Crippen molar-refractivity contribution in [3.05, 3.63) is 105 Å². The number of halogens is 2. The topological polar surface area (TPSA) is 65.3 Å². The quantitative estimate of drug-likeness (QED) is 0.430. The lowest BCUT2D eigenvalue weighted by atomic mass is 10.0. The van der Waals surface area contributed by atoms with Gasteiger partial charge in [0, 0.05) is 12.1 Å². The number of aromatic nitrogens is 2. The number of fused-ring (bicyclic) bond motifs is 2. The summed E-state index contributed by atoms with van der Waals surface area (Å²) in [7, 11) is 0. The molecule has 1 aliphatic heterocycles. The van der Waals surface area contributed by atoms with Gasteiger partial charge in [0.05, 0.1) is 16.3 Å². The molecular weight excluding hydrogens is 433 g/mol. The van der Waals surface area contributed by atoms with Crippen LogP contribution in [-0.2, 0) is 17.8 Å². The zero-order valence-corrected chi connectivity index (χ0v) is 17.5. The molecule has 0 saturated heterocycles. The Kier molecular flexibility index (Phi) is 5.03. The zero-order chi connectivity index (χ0) is 22.2. The second-order valence-corrected chi connectivity index (χ2v) is 7.76. The number of ether oxygens (including phenoxy) is 1. The summed E-state index contributed by atoms with van der Waals surface area (Å²) < 4.78 is 22.5. The van der Waals surface area contributed by atoms with Gasteiger partial charge in [-0.25, -0.2) is 13.8 Å². The number of anilines is 1. The number of amides is 1. The van der Waals surface area contributed by atoms with Crippen molar-refractivity contribution in [2.75, 3.05) is 5.32 Å². The van der Waals surface area contributed by atoms with Gasteiger partial charge in [0.2, 0.25) is 11.8 Å². The van der Waals surface area contributed by atoms with E-state index >= 15 is 0 Å². The number of benzene rings is 3. The molecule has 1 N–H and O–H groups in total. The van der Waals surface area contributed by atoms with Gasteiger partial charge in [0.15, 0.2) is 0 Å². The van der Waals surface area contributed by atoms with Gasteiger partial charge in [-0.2, -0.15) is 0 Å². The molecule has 4 aromatic rings. The molecule has 0 bridgehead atoms. The maximum Gasteiger partial charge on any atom is 0.278 e. The van der Waals surface area contributed by atoms with Crippen molar-refractivity contribution in [3.63, 3.8) is 0 Å². The summed E-state index contributed by atoms with van der Waals surface area (Å²) in [6.07, 6.45) is 0.402. The number of hydrogen-bond donors (Lipinski definition) is 1. The van der Waals surface area contributed by atoms with Gasteiger partial charge in [-0.3, -0.25) is 9.59 Å². The van der Waals surface area contributed by atoms with E-state index in [0.717, 1.165) is 5.56 Å². The van der Waals surface area contributed by atoms with Crippen molar-refractivity contribution in [1.82, 2.24) is 9.36 Å². The minimum Gasteiger partial charge on any atom is -0.439 e. The van der Waals surface area contributed by atoms with Crippen LogP contribution < -0.4 is 15.6 Å². The summed E-state index contributed by atoms with van der Waals surface area (Å²) in [5.41, 5.74) is 2.09. The smallest absolute Gasteiger partial charge is 0.278 e. The summed E-state index contributed by atoms with van der Waals surface area (Å²) in [5, 5.41) is 2.60. The number of carbonyl (C=O) groups is 1. The van der Waals surface area contributed by atoms with E-state index < -0.39 is 11.7 Å². The molecule has 2 heterocycles. The van der Waals surface area contributed by atoms with Crippen LogP contribution in [0.25, 0.3) is 5.69 Å². The average molecular weight is 450 g/mol. The van der Waals surface area contributed by atoms with Crippen LogP contribution in [0.2, 0.25) is 5.02 Å². The second kappa shape index (κ2) is 8.01. The Morgan fingerprint density at radius 3 is 2.59 bits per heavy atom. The van der Waals surface area contributed by atoms with Crippen molar-refractivity contribution in [2.45, 2.75) is 13.0 Å². The van der Waals surface area contributed by atoms with Crippen LogP contribution in [0.5, 0.6) is 11.6 Å². The largest absolute Gasteiger partial charge is 0.439 e. The lowest BCUT2D eigenvalue weighted by molar-refractivity contribution is -0.117. The molecule has 8 heteroatoms. The molecule has 32 heavy (non-hydrogen) atoms. The Labute approximate surface area is 187 Å². The highest BCUT2D eigenvalue weighted by Crippen LogP contribution is 2.35. The summed E-state index contributed by atoms with van der Waals surface area (Å²) >= 11 is 5.81. The van der Waals surface area contributed by atoms with Gasteiger partial charge in [-0.1, -0.05) is 48.0 Å². The second-order valence-electron chi connectivity index (χ2n) is 7.36. The van der Waals surface area contributed by atoms with Gasteiger partial charge in [0.25, 0.3) is 5.56 Å². The van der Waals surface area contributed by atoms with Crippen molar-refractivity contribution in [1.29, 1.82) is 0 Å². The maximum atomic E-state index is 13.4.